The number of hydrogen-bond acceptors (Lipinski definition) is 3. The quantitative estimate of drug-likeness (QED) is 0.776. The lowest BCUT2D eigenvalue weighted by atomic mass is 10.1. The fourth-order valence-corrected chi connectivity index (χ4v) is 4.11. The van der Waals surface area contributed by atoms with Crippen molar-refractivity contribution in [3.8, 4) is 0 Å². The lowest BCUT2D eigenvalue weighted by Gasteiger charge is -2.26. The van der Waals surface area contributed by atoms with Gasteiger partial charge in [-0.3, -0.25) is 14.4 Å². The highest BCUT2D eigenvalue weighted by molar-refractivity contribution is 5.96. The maximum absolute atomic E-state index is 12.3. The summed E-state index contributed by atoms with van der Waals surface area (Å²) in [5.41, 5.74) is 5.01. The van der Waals surface area contributed by atoms with Gasteiger partial charge in [0.2, 0.25) is 11.8 Å². The number of nitrogens with one attached hydrogen (secondary N) is 2. The largest absolute Gasteiger partial charge is 0.350 e. The molecule has 2 aromatic carbocycles. The molecule has 3 amide bonds. The van der Waals surface area contributed by atoms with Crippen LogP contribution in [0.5, 0.6) is 0 Å². The van der Waals surface area contributed by atoms with Gasteiger partial charge in [0.15, 0.2) is 0 Å². The Morgan fingerprint density at radius 2 is 1.67 bits per heavy atom. The van der Waals surface area contributed by atoms with Crippen LogP contribution in [-0.2, 0) is 29.0 Å². The number of carbonyl (C=O) groups excluding carboxylic acids is 3. The molecule has 1 aliphatic heterocycles. The maximum Gasteiger partial charge on any atom is 0.251 e. The SMILES string of the molecule is O=C(CNC(=O)c1ccc2c(c1)CCC2)NCc1ccc(N2CCCCC2=O)cc1. The minimum absolute atomic E-state index is 0.0592. The number of nitrogens with zero attached hydrogens (tertiary/aromatic N) is 1. The second-order valence-corrected chi connectivity index (χ2v) is 7.97. The van der Waals surface area contributed by atoms with Crippen LogP contribution >= 0.6 is 0 Å². The summed E-state index contributed by atoms with van der Waals surface area (Å²) in [6.45, 7) is 1.08. The van der Waals surface area contributed by atoms with Crippen molar-refractivity contribution >= 4 is 23.4 Å². The summed E-state index contributed by atoms with van der Waals surface area (Å²) in [5, 5.41) is 5.51. The van der Waals surface area contributed by atoms with Crippen LogP contribution in [0.15, 0.2) is 42.5 Å². The average Bonchev–Trinajstić information content (AvgIpc) is 3.25. The number of anilines is 1. The van der Waals surface area contributed by atoms with Gasteiger partial charge in [-0.05, 0) is 73.1 Å². The van der Waals surface area contributed by atoms with Crippen LogP contribution in [0.25, 0.3) is 0 Å². The molecule has 156 valence electrons. The Balaban J connectivity index is 1.23. The number of piperidine rings is 1. The first-order valence-corrected chi connectivity index (χ1v) is 10.7. The summed E-state index contributed by atoms with van der Waals surface area (Å²) in [7, 11) is 0. The number of carbonyl (C=O) groups is 3. The molecule has 1 fully saturated rings. The Bertz CT molecular complexity index is 953. The molecule has 0 radical (unpaired) electrons. The first-order chi connectivity index (χ1) is 14.6. The summed E-state index contributed by atoms with van der Waals surface area (Å²) >= 11 is 0. The molecule has 1 heterocycles. The van der Waals surface area contributed by atoms with Gasteiger partial charge in [-0.2, -0.15) is 0 Å². The zero-order chi connectivity index (χ0) is 20.9. The predicted molar refractivity (Wildman–Crippen MR) is 115 cm³/mol. The van der Waals surface area contributed by atoms with Crippen molar-refractivity contribution in [2.75, 3.05) is 18.0 Å². The van der Waals surface area contributed by atoms with Gasteiger partial charge in [-0.25, -0.2) is 0 Å². The monoisotopic (exact) mass is 405 g/mol. The normalized spacial score (nSPS) is 15.6. The summed E-state index contributed by atoms with van der Waals surface area (Å²) < 4.78 is 0. The van der Waals surface area contributed by atoms with E-state index in [1.165, 1.54) is 11.1 Å². The van der Waals surface area contributed by atoms with Gasteiger partial charge in [0.1, 0.15) is 0 Å². The van der Waals surface area contributed by atoms with Crippen LogP contribution in [0.2, 0.25) is 0 Å². The zero-order valence-electron chi connectivity index (χ0n) is 17.1. The molecular weight excluding hydrogens is 378 g/mol. The topological polar surface area (TPSA) is 78.5 Å². The minimum atomic E-state index is -0.236. The van der Waals surface area contributed by atoms with Crippen LogP contribution in [0, 0.1) is 0 Å². The highest BCUT2D eigenvalue weighted by atomic mass is 16.2. The fourth-order valence-electron chi connectivity index (χ4n) is 4.11. The van der Waals surface area contributed by atoms with E-state index < -0.39 is 0 Å². The molecule has 0 bridgehead atoms. The van der Waals surface area contributed by atoms with Gasteiger partial charge in [0.05, 0.1) is 6.54 Å². The Morgan fingerprint density at radius 3 is 2.47 bits per heavy atom. The average molecular weight is 405 g/mol. The number of aryl methyl sites for hydroxylation is 2. The number of hydrogen-bond donors (Lipinski definition) is 2. The highest BCUT2D eigenvalue weighted by Gasteiger charge is 2.19. The summed E-state index contributed by atoms with van der Waals surface area (Å²) in [4.78, 5) is 38.3. The van der Waals surface area contributed by atoms with Crippen LogP contribution in [-0.4, -0.2) is 30.8 Å². The van der Waals surface area contributed by atoms with Crippen molar-refractivity contribution in [2.24, 2.45) is 0 Å². The van der Waals surface area contributed by atoms with Gasteiger partial charge in [-0.15, -0.1) is 0 Å². The van der Waals surface area contributed by atoms with Crippen molar-refractivity contribution in [3.05, 3.63) is 64.7 Å². The molecule has 0 unspecified atom stereocenters. The van der Waals surface area contributed by atoms with Crippen LogP contribution in [0.3, 0.4) is 0 Å². The molecule has 0 saturated carbocycles. The van der Waals surface area contributed by atoms with E-state index in [0.29, 0.717) is 18.5 Å². The van der Waals surface area contributed by atoms with Crippen molar-refractivity contribution in [2.45, 2.75) is 45.1 Å². The lowest BCUT2D eigenvalue weighted by molar-refractivity contribution is -0.120. The summed E-state index contributed by atoms with van der Waals surface area (Å²) in [5.74, 6) is -0.295. The second-order valence-electron chi connectivity index (χ2n) is 7.97. The van der Waals surface area contributed by atoms with E-state index >= 15 is 0 Å². The molecule has 1 aliphatic carbocycles. The number of amides is 3. The first kappa shape index (κ1) is 20.1. The van der Waals surface area contributed by atoms with Gasteiger partial charge < -0.3 is 15.5 Å². The Kier molecular flexibility index (Phi) is 6.12. The molecular formula is C24H27N3O3. The molecule has 6 nitrogen and oxygen atoms in total. The third kappa shape index (κ3) is 4.70. The third-order valence-corrected chi connectivity index (χ3v) is 5.83. The molecule has 2 aliphatic rings. The Morgan fingerprint density at radius 1 is 0.867 bits per heavy atom. The van der Waals surface area contributed by atoms with Crippen molar-refractivity contribution in [1.82, 2.24) is 10.6 Å². The smallest absolute Gasteiger partial charge is 0.251 e. The van der Waals surface area contributed by atoms with E-state index in [2.05, 4.69) is 10.6 Å². The van der Waals surface area contributed by atoms with Gasteiger partial charge in [-0.1, -0.05) is 18.2 Å². The van der Waals surface area contributed by atoms with Crippen LogP contribution < -0.4 is 15.5 Å². The second kappa shape index (κ2) is 9.11. The van der Waals surface area contributed by atoms with Crippen molar-refractivity contribution < 1.29 is 14.4 Å². The van der Waals surface area contributed by atoms with E-state index in [9.17, 15) is 14.4 Å². The van der Waals surface area contributed by atoms with Gasteiger partial charge >= 0.3 is 0 Å². The van der Waals surface area contributed by atoms with Gasteiger partial charge in [0, 0.05) is 30.8 Å². The van der Waals surface area contributed by atoms with E-state index in [4.69, 9.17) is 0 Å². The highest BCUT2D eigenvalue weighted by Crippen LogP contribution is 2.23. The number of rotatable bonds is 6. The van der Waals surface area contributed by atoms with Crippen molar-refractivity contribution in [3.63, 3.8) is 0 Å². The molecule has 1 saturated heterocycles. The van der Waals surface area contributed by atoms with Gasteiger partial charge in [0.25, 0.3) is 5.91 Å². The molecule has 6 heteroatoms. The predicted octanol–water partition coefficient (Wildman–Crippen LogP) is 2.74. The number of benzene rings is 2. The minimum Gasteiger partial charge on any atom is -0.350 e. The Labute approximate surface area is 176 Å². The van der Waals surface area contributed by atoms with Crippen molar-refractivity contribution in [1.29, 1.82) is 0 Å². The maximum atomic E-state index is 12.3. The van der Waals surface area contributed by atoms with Crippen LogP contribution in [0.1, 0.15) is 52.7 Å². The third-order valence-electron chi connectivity index (χ3n) is 5.83. The molecule has 0 aromatic heterocycles. The van der Waals surface area contributed by atoms with E-state index in [1.807, 2.05) is 47.4 Å². The van der Waals surface area contributed by atoms with E-state index in [1.54, 1.807) is 0 Å². The number of fused-ring (bicyclic) bond motifs is 1. The molecule has 4 rings (SSSR count). The van der Waals surface area contributed by atoms with E-state index in [-0.39, 0.29) is 24.3 Å². The standard InChI is InChI=1S/C24H27N3O3/c28-22(16-26-24(30)20-10-9-18-4-3-5-19(18)14-20)25-15-17-7-11-21(12-8-17)27-13-2-1-6-23(27)29/h7-12,14H,1-6,13,15-16H2,(H,25,28)(H,26,30). The molecule has 0 spiro atoms. The first-order valence-electron chi connectivity index (χ1n) is 10.7. The molecule has 2 N–H and O–H groups in total. The molecule has 2 aromatic rings. The summed E-state index contributed by atoms with van der Waals surface area (Å²) in [6, 6.07) is 13.4. The fraction of sp³-hybridized carbons (Fsp3) is 0.375. The Hall–Kier alpha value is -3.15. The molecule has 0 atom stereocenters. The molecule has 30 heavy (non-hydrogen) atoms. The summed E-state index contributed by atoms with van der Waals surface area (Å²) in [6.07, 6.45) is 5.83. The lowest BCUT2D eigenvalue weighted by Crippen LogP contribution is -2.36. The zero-order valence-corrected chi connectivity index (χ0v) is 17.1. The van der Waals surface area contributed by atoms with E-state index in [0.717, 1.165) is 49.9 Å². The van der Waals surface area contributed by atoms with Crippen LogP contribution in [0.4, 0.5) is 5.69 Å².